The molecule has 0 aromatic carbocycles. The van der Waals surface area contributed by atoms with Crippen LogP contribution in [0, 0.1) is 35.0 Å². The Bertz CT molecular complexity index is 571. The summed E-state index contributed by atoms with van der Waals surface area (Å²) in [4.78, 5) is 24.9. The molecule has 3 saturated carbocycles. The van der Waals surface area contributed by atoms with Gasteiger partial charge in [0.2, 0.25) is 0 Å². The second kappa shape index (κ2) is 7.50. The van der Waals surface area contributed by atoms with Gasteiger partial charge in [-0.2, -0.15) is 0 Å². The van der Waals surface area contributed by atoms with E-state index < -0.39 is 5.60 Å². The van der Waals surface area contributed by atoms with Crippen molar-refractivity contribution in [2.45, 2.75) is 91.2 Å². The Balaban J connectivity index is 1.71. The van der Waals surface area contributed by atoms with Crippen molar-refractivity contribution in [3.63, 3.8) is 0 Å². The minimum atomic E-state index is -0.431. The van der Waals surface area contributed by atoms with Gasteiger partial charge in [-0.3, -0.25) is 9.59 Å². The average Bonchev–Trinajstić information content (AvgIpc) is 3.19. The summed E-state index contributed by atoms with van der Waals surface area (Å²) in [6, 6.07) is 0.515. The second-order valence-corrected chi connectivity index (χ2v) is 10.6. The fourth-order valence-corrected chi connectivity index (χ4v) is 6.53. The van der Waals surface area contributed by atoms with E-state index >= 15 is 0 Å². The maximum Gasteiger partial charge on any atom is 0.309 e. The van der Waals surface area contributed by atoms with E-state index in [0.29, 0.717) is 48.3 Å². The second-order valence-electron chi connectivity index (χ2n) is 10.6. The Morgan fingerprint density at radius 3 is 2.30 bits per heavy atom. The monoisotopic (exact) mass is 377 g/mol. The van der Waals surface area contributed by atoms with Crippen molar-refractivity contribution in [2.24, 2.45) is 35.0 Å². The van der Waals surface area contributed by atoms with E-state index in [2.05, 4.69) is 47.0 Å². The Kier molecular flexibility index (Phi) is 5.78. The van der Waals surface area contributed by atoms with Crippen LogP contribution in [0.1, 0.15) is 79.6 Å². The Morgan fingerprint density at radius 2 is 1.78 bits per heavy atom. The van der Waals surface area contributed by atoms with Gasteiger partial charge in [0, 0.05) is 18.9 Å². The third-order valence-electron chi connectivity index (χ3n) is 8.08. The molecule has 0 aliphatic heterocycles. The highest BCUT2D eigenvalue weighted by atomic mass is 16.6. The van der Waals surface area contributed by atoms with E-state index in [-0.39, 0.29) is 17.3 Å². The highest BCUT2D eigenvalue weighted by Gasteiger charge is 2.58. The first-order chi connectivity index (χ1) is 12.6. The topological polar surface area (TPSA) is 55.4 Å². The number of hydrogen-bond donors (Lipinski definition) is 1. The lowest BCUT2D eigenvalue weighted by Crippen LogP contribution is -2.49. The zero-order valence-electron chi connectivity index (χ0n) is 18.1. The predicted octanol–water partition coefficient (Wildman–Crippen LogP) is 4.36. The van der Waals surface area contributed by atoms with Gasteiger partial charge in [-0.25, -0.2) is 0 Å². The van der Waals surface area contributed by atoms with Crippen LogP contribution in [-0.2, 0) is 14.3 Å². The number of ether oxygens (including phenoxy) is 1. The molecule has 27 heavy (non-hydrogen) atoms. The number of hydrogen-bond acceptors (Lipinski definition) is 4. The van der Waals surface area contributed by atoms with E-state index in [1.165, 1.54) is 0 Å². The van der Waals surface area contributed by atoms with Crippen LogP contribution in [0.2, 0.25) is 0 Å². The molecule has 1 N–H and O–H groups in total. The Labute approximate surface area is 165 Å². The first-order valence-electron chi connectivity index (χ1n) is 11.0. The van der Waals surface area contributed by atoms with Crippen molar-refractivity contribution in [3.05, 3.63) is 0 Å². The number of carbonyl (C=O) groups excluding carboxylic acids is 2. The van der Waals surface area contributed by atoms with E-state index in [4.69, 9.17) is 4.74 Å². The summed E-state index contributed by atoms with van der Waals surface area (Å²) in [6.07, 6.45) is 5.93. The number of esters is 1. The number of rotatable bonds is 5. The van der Waals surface area contributed by atoms with Gasteiger partial charge in [0.15, 0.2) is 0 Å². The summed E-state index contributed by atoms with van der Waals surface area (Å²) in [5.74, 6) is 2.25. The molecule has 3 aliphatic carbocycles. The summed E-state index contributed by atoms with van der Waals surface area (Å²) in [5.41, 5.74) is -0.247. The molecule has 0 spiro atoms. The lowest BCUT2D eigenvalue weighted by Gasteiger charge is -2.44. The van der Waals surface area contributed by atoms with Crippen LogP contribution in [0.25, 0.3) is 0 Å². The van der Waals surface area contributed by atoms with E-state index in [0.717, 1.165) is 32.1 Å². The normalized spacial score (nSPS) is 36.7. The number of Topliss-reactive ketones (excluding diaryl/α,β-unsaturated/α-hetero) is 1. The highest BCUT2D eigenvalue weighted by molar-refractivity contribution is 5.79. The number of carbonyl (C=O) groups is 2. The molecule has 4 heteroatoms. The average molecular weight is 378 g/mol. The summed E-state index contributed by atoms with van der Waals surface area (Å²) in [5, 5.41) is 3.54. The third kappa shape index (κ3) is 3.83. The molecule has 0 aromatic heterocycles. The summed E-state index contributed by atoms with van der Waals surface area (Å²) in [7, 11) is 2.07. The molecule has 6 unspecified atom stereocenters. The van der Waals surface area contributed by atoms with Gasteiger partial charge < -0.3 is 10.1 Å². The van der Waals surface area contributed by atoms with Crippen LogP contribution in [0.3, 0.4) is 0 Å². The van der Waals surface area contributed by atoms with E-state index in [1.54, 1.807) is 0 Å². The molecule has 2 bridgehead atoms. The molecule has 3 aliphatic rings. The zero-order valence-corrected chi connectivity index (χ0v) is 18.1. The molecule has 0 heterocycles. The fourth-order valence-electron chi connectivity index (χ4n) is 6.53. The van der Waals surface area contributed by atoms with Crippen molar-refractivity contribution >= 4 is 11.8 Å². The first kappa shape index (κ1) is 20.8. The quantitative estimate of drug-likeness (QED) is 0.723. The maximum absolute atomic E-state index is 13.3. The minimum absolute atomic E-state index is 0.0209. The van der Waals surface area contributed by atoms with Gasteiger partial charge >= 0.3 is 5.97 Å². The lowest BCUT2D eigenvalue weighted by atomic mass is 9.66. The van der Waals surface area contributed by atoms with Gasteiger partial charge in [-0.05, 0) is 75.2 Å². The molecule has 3 fully saturated rings. The molecular weight excluding hydrogens is 338 g/mol. The Hall–Kier alpha value is -0.900. The number of nitrogens with one attached hydrogen (secondary N) is 1. The van der Waals surface area contributed by atoms with Crippen LogP contribution in [0.5, 0.6) is 0 Å². The summed E-state index contributed by atoms with van der Waals surface area (Å²) < 4.78 is 6.26. The van der Waals surface area contributed by atoms with Crippen LogP contribution in [0.15, 0.2) is 0 Å². The van der Waals surface area contributed by atoms with Crippen LogP contribution < -0.4 is 5.32 Å². The van der Waals surface area contributed by atoms with E-state index in [1.807, 2.05) is 0 Å². The SMILES string of the molecule is CCC(C)(OC(=O)C1CC2CC1C(C(C)(C)C)C2NC)C1CCC(=O)CC1. The van der Waals surface area contributed by atoms with Crippen molar-refractivity contribution in [3.8, 4) is 0 Å². The third-order valence-corrected chi connectivity index (χ3v) is 8.08. The molecule has 3 rings (SSSR count). The van der Waals surface area contributed by atoms with Crippen molar-refractivity contribution < 1.29 is 14.3 Å². The lowest BCUT2D eigenvalue weighted by molar-refractivity contribution is -0.174. The minimum Gasteiger partial charge on any atom is -0.459 e. The highest BCUT2D eigenvalue weighted by Crippen LogP contribution is 2.57. The molecule has 154 valence electrons. The summed E-state index contributed by atoms with van der Waals surface area (Å²) >= 11 is 0. The van der Waals surface area contributed by atoms with Crippen molar-refractivity contribution in [2.75, 3.05) is 7.05 Å². The van der Waals surface area contributed by atoms with Gasteiger partial charge in [0.25, 0.3) is 0 Å². The zero-order chi connectivity index (χ0) is 20.0. The standard InChI is InChI=1S/C23H39NO3/c1-7-23(5,15-8-10-16(25)11-9-15)27-21(26)18-13-14-12-17(18)19(20(14)24-6)22(2,3)4/h14-15,17-20,24H,7-13H2,1-6H3. The van der Waals surface area contributed by atoms with Gasteiger partial charge in [-0.15, -0.1) is 0 Å². The van der Waals surface area contributed by atoms with Gasteiger partial charge in [0.05, 0.1) is 5.92 Å². The maximum atomic E-state index is 13.3. The summed E-state index contributed by atoms with van der Waals surface area (Å²) in [6.45, 7) is 11.1. The molecular formula is C23H39NO3. The van der Waals surface area contributed by atoms with Crippen LogP contribution in [-0.4, -0.2) is 30.4 Å². The van der Waals surface area contributed by atoms with E-state index in [9.17, 15) is 9.59 Å². The molecule has 0 radical (unpaired) electrons. The molecule has 6 atom stereocenters. The van der Waals surface area contributed by atoms with Crippen molar-refractivity contribution in [1.29, 1.82) is 0 Å². The molecule has 4 nitrogen and oxygen atoms in total. The van der Waals surface area contributed by atoms with Gasteiger partial charge in [-0.1, -0.05) is 27.7 Å². The predicted molar refractivity (Wildman–Crippen MR) is 107 cm³/mol. The van der Waals surface area contributed by atoms with Gasteiger partial charge in [0.1, 0.15) is 11.4 Å². The fraction of sp³-hybridized carbons (Fsp3) is 0.913. The molecule has 0 aromatic rings. The largest absolute Gasteiger partial charge is 0.459 e. The van der Waals surface area contributed by atoms with Crippen LogP contribution >= 0.6 is 0 Å². The number of fused-ring (bicyclic) bond motifs is 2. The number of ketones is 1. The van der Waals surface area contributed by atoms with Crippen molar-refractivity contribution in [1.82, 2.24) is 5.32 Å². The smallest absolute Gasteiger partial charge is 0.309 e. The molecule has 0 saturated heterocycles. The molecule has 0 amide bonds. The Morgan fingerprint density at radius 1 is 1.15 bits per heavy atom. The first-order valence-corrected chi connectivity index (χ1v) is 11.0. The van der Waals surface area contributed by atoms with Crippen LogP contribution in [0.4, 0.5) is 0 Å².